The van der Waals surface area contributed by atoms with Crippen LogP contribution in [-0.2, 0) is 0 Å². The van der Waals surface area contributed by atoms with E-state index < -0.39 is 0 Å². The summed E-state index contributed by atoms with van der Waals surface area (Å²) in [6.45, 7) is 9.92. The molecule has 2 saturated heterocycles. The van der Waals surface area contributed by atoms with Gasteiger partial charge in [0.05, 0.1) is 11.9 Å². The third-order valence-corrected chi connectivity index (χ3v) is 8.54. The first-order valence-corrected chi connectivity index (χ1v) is 14.0. The predicted molar refractivity (Wildman–Crippen MR) is 142 cm³/mol. The number of nitrogens with zero attached hydrogens (tertiary/aromatic N) is 4. The van der Waals surface area contributed by atoms with Crippen molar-refractivity contribution >= 4 is 23.5 Å². The van der Waals surface area contributed by atoms with Gasteiger partial charge in [0.1, 0.15) is 12.1 Å². The van der Waals surface area contributed by atoms with E-state index in [0.717, 1.165) is 24.8 Å². The number of ether oxygens (including phenoxy) is 1. The Balaban J connectivity index is 1.20. The second kappa shape index (κ2) is 10.9. The molecule has 5 rings (SSSR count). The Morgan fingerprint density at radius 2 is 1.91 bits per heavy atom. The summed E-state index contributed by atoms with van der Waals surface area (Å²) in [5.41, 5.74) is 1.01. The average molecular weight is 500 g/mol. The Bertz CT molecular complexity index is 983. The van der Waals surface area contributed by atoms with E-state index in [1.807, 2.05) is 0 Å². The minimum atomic E-state index is -0.298. The van der Waals surface area contributed by atoms with Gasteiger partial charge in [-0.3, -0.25) is 0 Å². The highest BCUT2D eigenvalue weighted by atomic mass is 32.2. The fourth-order valence-electron chi connectivity index (χ4n) is 5.76. The maximum atomic E-state index is 13.9. The molecule has 1 aromatic carbocycles. The number of nitrogens with one attached hydrogen (secondary N) is 1. The Kier molecular flexibility index (Phi) is 7.68. The quantitative estimate of drug-likeness (QED) is 0.424. The molecule has 0 atom stereocenters. The Labute approximate surface area is 213 Å². The second-order valence-electron chi connectivity index (χ2n) is 10.9. The van der Waals surface area contributed by atoms with E-state index >= 15 is 0 Å². The lowest BCUT2D eigenvalue weighted by Gasteiger charge is -2.54. The summed E-state index contributed by atoms with van der Waals surface area (Å²) >= 11 is 1.53. The molecule has 3 fully saturated rings. The molecule has 6 nitrogen and oxygen atoms in total. The van der Waals surface area contributed by atoms with E-state index in [1.165, 1.54) is 88.7 Å². The minimum absolute atomic E-state index is 0.298. The van der Waals surface area contributed by atoms with Crippen LogP contribution in [0.25, 0.3) is 0 Å². The maximum absolute atomic E-state index is 13.9. The van der Waals surface area contributed by atoms with Gasteiger partial charge in [0, 0.05) is 36.4 Å². The van der Waals surface area contributed by atoms with Gasteiger partial charge in [-0.2, -0.15) is 0 Å². The zero-order valence-corrected chi connectivity index (χ0v) is 21.8. The number of hydrogen-bond donors (Lipinski definition) is 1. The SMILES string of the molecule is CC(C)SNc1cc(F)ccc1Oc1cncnc1N1CC2(CCN(CC3CCCCC3)CC2)C1. The largest absolute Gasteiger partial charge is 0.450 e. The van der Waals surface area contributed by atoms with Gasteiger partial charge < -0.3 is 19.3 Å². The van der Waals surface area contributed by atoms with Crippen molar-refractivity contribution in [2.45, 2.75) is 64.0 Å². The smallest absolute Gasteiger partial charge is 0.188 e. The van der Waals surface area contributed by atoms with E-state index in [-0.39, 0.29) is 5.82 Å². The molecule has 190 valence electrons. The molecule has 1 aromatic heterocycles. The van der Waals surface area contributed by atoms with Crippen LogP contribution in [-0.4, -0.2) is 52.8 Å². The van der Waals surface area contributed by atoms with Gasteiger partial charge in [0.2, 0.25) is 0 Å². The molecule has 0 amide bonds. The molecule has 3 aliphatic rings. The molecular weight excluding hydrogens is 461 g/mol. The fourth-order valence-corrected chi connectivity index (χ4v) is 6.29. The van der Waals surface area contributed by atoms with Gasteiger partial charge >= 0.3 is 0 Å². The van der Waals surface area contributed by atoms with Gasteiger partial charge in [-0.05, 0) is 68.8 Å². The van der Waals surface area contributed by atoms with Crippen molar-refractivity contribution in [3.05, 3.63) is 36.5 Å². The lowest BCUT2D eigenvalue weighted by molar-refractivity contribution is 0.0627. The Morgan fingerprint density at radius 1 is 1.14 bits per heavy atom. The summed E-state index contributed by atoms with van der Waals surface area (Å²) in [5.74, 6) is 2.62. The molecule has 3 heterocycles. The number of halogens is 1. The number of aromatic nitrogens is 2. The molecule has 0 radical (unpaired) electrons. The van der Waals surface area contributed by atoms with Crippen LogP contribution in [0, 0.1) is 17.2 Å². The number of hydrogen-bond acceptors (Lipinski definition) is 7. The van der Waals surface area contributed by atoms with Crippen LogP contribution in [0.1, 0.15) is 58.8 Å². The average Bonchev–Trinajstić information content (AvgIpc) is 2.84. The normalized spacial score (nSPS) is 20.7. The van der Waals surface area contributed by atoms with Crippen molar-refractivity contribution in [2.75, 3.05) is 42.3 Å². The third kappa shape index (κ3) is 6.02. The number of likely N-dealkylation sites (tertiary alicyclic amines) is 1. The molecule has 0 bridgehead atoms. The second-order valence-corrected chi connectivity index (χ2v) is 12.3. The highest BCUT2D eigenvalue weighted by Gasteiger charge is 2.46. The van der Waals surface area contributed by atoms with Gasteiger partial charge in [-0.25, -0.2) is 14.4 Å². The zero-order valence-electron chi connectivity index (χ0n) is 21.0. The topological polar surface area (TPSA) is 53.5 Å². The molecular formula is C27H38FN5OS. The molecule has 1 saturated carbocycles. The van der Waals surface area contributed by atoms with Crippen LogP contribution in [0.5, 0.6) is 11.5 Å². The van der Waals surface area contributed by atoms with Crippen molar-refractivity contribution in [3.63, 3.8) is 0 Å². The van der Waals surface area contributed by atoms with Crippen LogP contribution in [0.2, 0.25) is 0 Å². The molecule has 2 aliphatic heterocycles. The van der Waals surface area contributed by atoms with E-state index in [4.69, 9.17) is 4.74 Å². The van der Waals surface area contributed by atoms with Gasteiger partial charge in [0.25, 0.3) is 0 Å². The van der Waals surface area contributed by atoms with Crippen molar-refractivity contribution in [3.8, 4) is 11.5 Å². The Morgan fingerprint density at radius 3 is 2.66 bits per heavy atom. The van der Waals surface area contributed by atoms with E-state index in [1.54, 1.807) is 18.6 Å². The monoisotopic (exact) mass is 499 g/mol. The maximum Gasteiger partial charge on any atom is 0.188 e. The summed E-state index contributed by atoms with van der Waals surface area (Å²) in [5, 5.41) is 0.355. The molecule has 35 heavy (non-hydrogen) atoms. The van der Waals surface area contributed by atoms with Gasteiger partial charge in [0.15, 0.2) is 17.3 Å². The van der Waals surface area contributed by atoms with Crippen LogP contribution < -0.4 is 14.4 Å². The highest BCUT2D eigenvalue weighted by Crippen LogP contribution is 2.45. The first-order valence-electron chi connectivity index (χ1n) is 13.2. The number of benzene rings is 1. The van der Waals surface area contributed by atoms with E-state index in [0.29, 0.717) is 27.9 Å². The fraction of sp³-hybridized carbons (Fsp3) is 0.630. The third-order valence-electron chi connectivity index (χ3n) is 7.73. The minimum Gasteiger partial charge on any atom is -0.450 e. The molecule has 2 aromatic rings. The van der Waals surface area contributed by atoms with E-state index in [9.17, 15) is 4.39 Å². The van der Waals surface area contributed by atoms with Crippen LogP contribution in [0.15, 0.2) is 30.7 Å². The number of piperidine rings is 1. The van der Waals surface area contributed by atoms with Gasteiger partial charge in [-0.15, -0.1) is 0 Å². The summed E-state index contributed by atoms with van der Waals surface area (Å²) < 4.78 is 23.4. The van der Waals surface area contributed by atoms with Gasteiger partial charge in [-0.1, -0.05) is 33.1 Å². The number of anilines is 2. The first kappa shape index (κ1) is 24.6. The van der Waals surface area contributed by atoms with Crippen LogP contribution in [0.4, 0.5) is 15.9 Å². The zero-order chi connectivity index (χ0) is 24.3. The first-order chi connectivity index (χ1) is 17.0. The van der Waals surface area contributed by atoms with Crippen molar-refractivity contribution in [1.29, 1.82) is 0 Å². The molecule has 0 unspecified atom stereocenters. The van der Waals surface area contributed by atoms with E-state index in [2.05, 4.69) is 38.3 Å². The molecule has 8 heteroatoms. The summed E-state index contributed by atoms with van der Waals surface area (Å²) in [6.07, 6.45) is 12.9. The van der Waals surface area contributed by atoms with Crippen molar-refractivity contribution in [1.82, 2.24) is 14.9 Å². The molecule has 1 spiro atoms. The van der Waals surface area contributed by atoms with Crippen molar-refractivity contribution < 1.29 is 9.13 Å². The lowest BCUT2D eigenvalue weighted by Crippen LogP contribution is -2.61. The summed E-state index contributed by atoms with van der Waals surface area (Å²) in [6, 6.07) is 4.55. The highest BCUT2D eigenvalue weighted by molar-refractivity contribution is 8.01. The summed E-state index contributed by atoms with van der Waals surface area (Å²) in [7, 11) is 0. The van der Waals surface area contributed by atoms with Crippen molar-refractivity contribution in [2.24, 2.45) is 11.3 Å². The number of rotatable bonds is 8. The van der Waals surface area contributed by atoms with Crippen LogP contribution >= 0.6 is 11.9 Å². The van der Waals surface area contributed by atoms with Crippen LogP contribution in [0.3, 0.4) is 0 Å². The standard InChI is InChI=1S/C27H38FN5OS/c1-20(2)35-31-23-14-22(28)8-9-24(23)34-25-15-29-19-30-26(25)33-17-27(18-33)10-12-32(13-11-27)16-21-6-4-3-5-7-21/h8-9,14-15,19-21,31H,3-7,10-13,16-18H2,1-2H3. The molecule has 1 N–H and O–H groups in total. The predicted octanol–water partition coefficient (Wildman–Crippen LogP) is 6.36. The molecule has 1 aliphatic carbocycles. The summed E-state index contributed by atoms with van der Waals surface area (Å²) in [4.78, 5) is 13.8. The Hall–Kier alpha value is -2.06. The lowest BCUT2D eigenvalue weighted by atomic mass is 9.71.